The van der Waals surface area contributed by atoms with Gasteiger partial charge in [0.05, 0.1) is 11.1 Å². The van der Waals surface area contributed by atoms with Gasteiger partial charge in [-0.05, 0) is 23.8 Å². The molecule has 2 rings (SSSR count). The quantitative estimate of drug-likeness (QED) is 0.473. The summed E-state index contributed by atoms with van der Waals surface area (Å²) in [6, 6.07) is 13.6. The molecule has 7 nitrogen and oxygen atoms in total. The number of Topliss-reactive ketones (excluding diaryl/α,β-unsaturated/α-hetero) is 1. The number of nitrogens with one attached hydrogen (secondary N) is 1. The Bertz CT molecular complexity index is 846. The van der Waals surface area contributed by atoms with E-state index in [4.69, 9.17) is 15.3 Å². The number of nitrogens with two attached hydrogens (primary N) is 1. The van der Waals surface area contributed by atoms with E-state index in [1.54, 1.807) is 0 Å². The maximum absolute atomic E-state index is 12.3. The fourth-order valence-electron chi connectivity index (χ4n) is 2.22. The van der Waals surface area contributed by atoms with Gasteiger partial charge in [0.25, 0.3) is 0 Å². The number of aliphatic carboxylic acids is 1. The first-order valence-electron chi connectivity index (χ1n) is 7.83. The lowest BCUT2D eigenvalue weighted by Crippen LogP contribution is -2.45. The van der Waals surface area contributed by atoms with Crippen LogP contribution < -0.4 is 10.7 Å². The van der Waals surface area contributed by atoms with Gasteiger partial charge in [-0.3, -0.25) is 15.0 Å². The summed E-state index contributed by atoms with van der Waals surface area (Å²) in [6.07, 6.45) is 0. The highest BCUT2D eigenvalue weighted by molar-refractivity contribution is 6.44. The number of rotatable bonds is 8. The Morgan fingerprint density at radius 3 is 2.42 bits per heavy atom. The van der Waals surface area contributed by atoms with Gasteiger partial charge in [-0.2, -0.15) is 0 Å². The number of carbonyl (C=O) groups is 3. The van der Waals surface area contributed by atoms with Gasteiger partial charge in [-0.1, -0.05) is 30.3 Å². The third kappa shape index (κ3) is 5.01. The molecule has 0 saturated carbocycles. The van der Waals surface area contributed by atoms with Crippen LogP contribution in [0.1, 0.15) is 28.4 Å². The van der Waals surface area contributed by atoms with E-state index < -0.39 is 11.9 Å². The van der Waals surface area contributed by atoms with Crippen molar-refractivity contribution in [3.8, 4) is 0 Å². The van der Waals surface area contributed by atoms with Gasteiger partial charge in [0.2, 0.25) is 11.5 Å². The minimum absolute atomic E-state index is 0.0258. The Hall–Kier alpha value is -3.48. The third-order valence-electron chi connectivity index (χ3n) is 3.57. The number of ketones is 1. The van der Waals surface area contributed by atoms with Crippen LogP contribution >= 0.6 is 0 Å². The topological polar surface area (TPSA) is 118 Å². The summed E-state index contributed by atoms with van der Waals surface area (Å²) in [5.41, 5.74) is 1.64. The van der Waals surface area contributed by atoms with Gasteiger partial charge in [0.15, 0.2) is 0 Å². The molecule has 0 unspecified atom stereocenters. The zero-order valence-electron chi connectivity index (χ0n) is 14.2. The second-order valence-corrected chi connectivity index (χ2v) is 5.54. The molecule has 0 aliphatic rings. The van der Waals surface area contributed by atoms with Gasteiger partial charge in [0.1, 0.15) is 13.2 Å². The molecule has 2 aromatic rings. The lowest BCUT2D eigenvalue weighted by atomic mass is 10.0. The van der Waals surface area contributed by atoms with Crippen LogP contribution in [0.3, 0.4) is 0 Å². The second-order valence-electron chi connectivity index (χ2n) is 5.54. The highest BCUT2D eigenvalue weighted by Crippen LogP contribution is 2.19. The maximum atomic E-state index is 12.3. The van der Waals surface area contributed by atoms with Crippen molar-refractivity contribution >= 4 is 29.1 Å². The van der Waals surface area contributed by atoms with Crippen molar-refractivity contribution in [2.45, 2.75) is 13.5 Å². The zero-order chi connectivity index (χ0) is 19.1. The summed E-state index contributed by atoms with van der Waals surface area (Å²) in [4.78, 5) is 34.6. The number of anilines is 1. The molecule has 134 valence electrons. The molecule has 2 aromatic carbocycles. The number of carbonyl (C=O) groups excluding carboxylic acids is 2. The van der Waals surface area contributed by atoms with Crippen molar-refractivity contribution in [3.63, 3.8) is 0 Å². The minimum Gasteiger partial charge on any atom is -0.480 e. The molecule has 0 aliphatic carbocycles. The van der Waals surface area contributed by atoms with Gasteiger partial charge < -0.3 is 15.2 Å². The van der Waals surface area contributed by atoms with E-state index in [0.717, 1.165) is 5.56 Å². The van der Waals surface area contributed by atoms with Crippen LogP contribution in [-0.4, -0.2) is 35.1 Å². The van der Waals surface area contributed by atoms with Crippen LogP contribution in [0.5, 0.6) is 0 Å². The van der Waals surface area contributed by atoms with Gasteiger partial charge >= 0.3 is 11.9 Å². The van der Waals surface area contributed by atoms with E-state index in [-0.39, 0.29) is 35.9 Å². The van der Waals surface area contributed by atoms with Crippen molar-refractivity contribution in [2.24, 2.45) is 0 Å². The summed E-state index contributed by atoms with van der Waals surface area (Å²) >= 11 is 0. The van der Waals surface area contributed by atoms with Crippen molar-refractivity contribution in [3.05, 3.63) is 65.2 Å². The summed E-state index contributed by atoms with van der Waals surface area (Å²) in [7, 11) is 0. The van der Waals surface area contributed by atoms with Crippen LogP contribution in [0.25, 0.3) is 0 Å². The van der Waals surface area contributed by atoms with E-state index in [2.05, 4.69) is 5.32 Å². The first kappa shape index (κ1) is 18.9. The van der Waals surface area contributed by atoms with Crippen LogP contribution in [0.2, 0.25) is 0 Å². The Labute approximate surface area is 150 Å². The predicted octanol–water partition coefficient (Wildman–Crippen LogP) is 0.677. The molecule has 0 heterocycles. The van der Waals surface area contributed by atoms with Crippen molar-refractivity contribution in [1.82, 2.24) is 0 Å². The van der Waals surface area contributed by atoms with Crippen LogP contribution in [0, 0.1) is 0 Å². The summed E-state index contributed by atoms with van der Waals surface area (Å²) < 4.78 is 5.25. The van der Waals surface area contributed by atoms with Gasteiger partial charge in [-0.15, -0.1) is 0 Å². The van der Waals surface area contributed by atoms with Gasteiger partial charge in [-0.25, -0.2) is 4.79 Å². The van der Waals surface area contributed by atoms with E-state index in [1.807, 2.05) is 30.3 Å². The first-order valence-corrected chi connectivity index (χ1v) is 7.83. The number of carboxylic acid groups (broad SMARTS) is 1. The molecule has 4 N–H and O–H groups in total. The SMILES string of the molecule is CC(=O)C(=[NH2+])c1ccc(C(=O)OCc2ccccc2)cc1NCC(=O)O. The number of carboxylic acids is 1. The molecule has 0 radical (unpaired) electrons. The number of hydrogen-bond acceptors (Lipinski definition) is 5. The fourth-order valence-corrected chi connectivity index (χ4v) is 2.22. The summed E-state index contributed by atoms with van der Waals surface area (Å²) in [5.74, 6) is -2.02. The number of ether oxygens (including phenoxy) is 1. The van der Waals surface area contributed by atoms with E-state index >= 15 is 0 Å². The molecule has 0 spiro atoms. The predicted molar refractivity (Wildman–Crippen MR) is 94.8 cm³/mol. The largest absolute Gasteiger partial charge is 0.480 e. The highest BCUT2D eigenvalue weighted by atomic mass is 16.5. The molecule has 0 saturated heterocycles. The number of hydrogen-bond donors (Lipinski definition) is 3. The van der Waals surface area contributed by atoms with E-state index in [9.17, 15) is 14.4 Å². The summed E-state index contributed by atoms with van der Waals surface area (Å²) in [6.45, 7) is 1.03. The molecular weight excluding hydrogens is 336 g/mol. The Morgan fingerprint density at radius 2 is 1.81 bits per heavy atom. The first-order chi connectivity index (χ1) is 12.4. The van der Waals surface area contributed by atoms with Crippen molar-refractivity contribution in [2.75, 3.05) is 11.9 Å². The molecular formula is C19H19N2O5+. The Morgan fingerprint density at radius 1 is 1.12 bits per heavy atom. The normalized spacial score (nSPS) is 10.0. The fraction of sp³-hybridized carbons (Fsp3) is 0.158. The summed E-state index contributed by atoms with van der Waals surface area (Å²) in [5, 5.41) is 17.3. The molecule has 7 heteroatoms. The van der Waals surface area contributed by atoms with Crippen LogP contribution in [0.15, 0.2) is 48.5 Å². The third-order valence-corrected chi connectivity index (χ3v) is 3.57. The average Bonchev–Trinajstić information content (AvgIpc) is 2.64. The number of benzene rings is 2. The number of esters is 1. The van der Waals surface area contributed by atoms with Crippen molar-refractivity contribution < 1.29 is 29.6 Å². The standard InChI is InChI=1S/C19H18N2O5/c1-12(22)18(20)15-8-7-14(9-16(15)21-10-17(23)24)19(25)26-11-13-5-3-2-4-6-13/h2-9,20-21H,10-11H2,1H3,(H,23,24)/p+1. The monoisotopic (exact) mass is 355 g/mol. The van der Waals surface area contributed by atoms with E-state index in [1.165, 1.54) is 25.1 Å². The maximum Gasteiger partial charge on any atom is 0.338 e. The Kier molecular flexibility index (Phi) is 6.21. The molecule has 0 amide bonds. The Balaban J connectivity index is 2.21. The van der Waals surface area contributed by atoms with Crippen LogP contribution in [-0.2, 0) is 20.9 Å². The lowest BCUT2D eigenvalue weighted by Gasteiger charge is -2.11. The second kappa shape index (κ2) is 8.57. The minimum atomic E-state index is -1.09. The molecule has 26 heavy (non-hydrogen) atoms. The van der Waals surface area contributed by atoms with Crippen molar-refractivity contribution in [1.29, 1.82) is 0 Å². The highest BCUT2D eigenvalue weighted by Gasteiger charge is 2.20. The smallest absolute Gasteiger partial charge is 0.338 e. The molecule has 0 fully saturated rings. The van der Waals surface area contributed by atoms with E-state index in [0.29, 0.717) is 5.56 Å². The lowest BCUT2D eigenvalue weighted by molar-refractivity contribution is -0.135. The molecule has 0 aromatic heterocycles. The molecule has 0 atom stereocenters. The average molecular weight is 355 g/mol. The molecule has 0 bridgehead atoms. The zero-order valence-corrected chi connectivity index (χ0v) is 14.2. The van der Waals surface area contributed by atoms with Crippen LogP contribution in [0.4, 0.5) is 5.69 Å². The van der Waals surface area contributed by atoms with Gasteiger partial charge in [0, 0.05) is 12.6 Å². The molecule has 0 aliphatic heterocycles.